The first kappa shape index (κ1) is 12.2. The number of benzene rings is 1. The highest BCUT2D eigenvalue weighted by atomic mass is 127. The number of rotatable bonds is 2. The van der Waals surface area contributed by atoms with Crippen LogP contribution in [0, 0.1) is 0 Å². The maximum atomic E-state index is 12.2. The SMILES string of the molecule is C=C(I)C(=O)c1ccc(C(F)(F)F)cc1. The van der Waals surface area contributed by atoms with Crippen LogP contribution in [-0.2, 0) is 6.18 Å². The molecule has 0 fully saturated rings. The van der Waals surface area contributed by atoms with Crippen LogP contribution in [0.15, 0.2) is 34.4 Å². The quantitative estimate of drug-likeness (QED) is 0.459. The average Bonchev–Trinajstić information content (AvgIpc) is 2.15. The van der Waals surface area contributed by atoms with Crippen LogP contribution in [0.25, 0.3) is 0 Å². The lowest BCUT2D eigenvalue weighted by molar-refractivity contribution is -0.137. The van der Waals surface area contributed by atoms with Crippen LogP contribution in [0.5, 0.6) is 0 Å². The van der Waals surface area contributed by atoms with Crippen molar-refractivity contribution in [2.75, 3.05) is 0 Å². The van der Waals surface area contributed by atoms with Crippen molar-refractivity contribution in [2.24, 2.45) is 0 Å². The van der Waals surface area contributed by atoms with Gasteiger partial charge in [0, 0.05) is 5.56 Å². The van der Waals surface area contributed by atoms with E-state index in [1.807, 2.05) is 0 Å². The first-order valence-electron chi connectivity index (χ1n) is 3.88. The fourth-order valence-electron chi connectivity index (χ4n) is 0.967. The molecular formula is C10H6F3IO. The molecule has 0 saturated carbocycles. The second-order valence-corrected chi connectivity index (χ2v) is 4.11. The molecule has 15 heavy (non-hydrogen) atoms. The molecule has 5 heteroatoms. The molecule has 0 spiro atoms. The van der Waals surface area contributed by atoms with Gasteiger partial charge in [-0.15, -0.1) is 0 Å². The molecule has 0 atom stereocenters. The van der Waals surface area contributed by atoms with Crippen LogP contribution in [0.2, 0.25) is 0 Å². The summed E-state index contributed by atoms with van der Waals surface area (Å²) < 4.78 is 36.8. The van der Waals surface area contributed by atoms with Gasteiger partial charge in [0.25, 0.3) is 0 Å². The highest BCUT2D eigenvalue weighted by molar-refractivity contribution is 14.1. The lowest BCUT2D eigenvalue weighted by Crippen LogP contribution is -2.05. The molecular weight excluding hydrogens is 320 g/mol. The molecule has 80 valence electrons. The van der Waals surface area contributed by atoms with E-state index >= 15 is 0 Å². The van der Waals surface area contributed by atoms with Gasteiger partial charge in [-0.1, -0.05) is 18.7 Å². The second kappa shape index (κ2) is 4.34. The summed E-state index contributed by atoms with van der Waals surface area (Å²) in [6, 6.07) is 4.06. The van der Waals surface area contributed by atoms with Crippen molar-refractivity contribution in [3.8, 4) is 0 Å². The number of carbonyl (C=O) groups excluding carboxylic acids is 1. The van der Waals surface area contributed by atoms with Crippen molar-refractivity contribution in [3.05, 3.63) is 45.6 Å². The molecule has 0 unspecified atom stereocenters. The zero-order valence-corrected chi connectivity index (χ0v) is 9.59. The maximum Gasteiger partial charge on any atom is 0.416 e. The number of carbonyl (C=O) groups is 1. The minimum absolute atomic E-state index is 0.211. The van der Waals surface area contributed by atoms with Crippen LogP contribution >= 0.6 is 22.6 Å². The van der Waals surface area contributed by atoms with Gasteiger partial charge >= 0.3 is 6.18 Å². The van der Waals surface area contributed by atoms with E-state index in [9.17, 15) is 18.0 Å². The number of hydrogen-bond donors (Lipinski definition) is 0. The number of ketones is 1. The fourth-order valence-corrected chi connectivity index (χ4v) is 1.28. The molecule has 0 saturated heterocycles. The van der Waals surface area contributed by atoms with E-state index in [4.69, 9.17) is 0 Å². The van der Waals surface area contributed by atoms with Crippen molar-refractivity contribution in [3.63, 3.8) is 0 Å². The van der Waals surface area contributed by atoms with Crippen LogP contribution < -0.4 is 0 Å². The van der Waals surface area contributed by atoms with Crippen molar-refractivity contribution in [2.45, 2.75) is 6.18 Å². The van der Waals surface area contributed by atoms with E-state index in [1.54, 1.807) is 22.6 Å². The van der Waals surface area contributed by atoms with Gasteiger partial charge in [-0.3, -0.25) is 4.79 Å². The third-order valence-electron chi connectivity index (χ3n) is 1.72. The smallest absolute Gasteiger partial charge is 0.288 e. The molecule has 0 heterocycles. The largest absolute Gasteiger partial charge is 0.416 e. The summed E-state index contributed by atoms with van der Waals surface area (Å²) in [6.07, 6.45) is -4.37. The molecule has 1 aromatic rings. The van der Waals surface area contributed by atoms with Gasteiger partial charge in [0.15, 0.2) is 5.78 Å². The Morgan fingerprint density at radius 3 is 2.00 bits per heavy atom. The Balaban J connectivity index is 3.01. The molecule has 1 aromatic carbocycles. The van der Waals surface area contributed by atoms with Crippen LogP contribution in [0.1, 0.15) is 15.9 Å². The summed E-state index contributed by atoms with van der Waals surface area (Å²) in [5.74, 6) is -0.357. The second-order valence-electron chi connectivity index (χ2n) is 2.81. The lowest BCUT2D eigenvalue weighted by atomic mass is 10.1. The molecule has 1 rings (SSSR count). The normalized spacial score (nSPS) is 11.2. The van der Waals surface area contributed by atoms with E-state index in [1.165, 1.54) is 0 Å². The van der Waals surface area contributed by atoms with Gasteiger partial charge in [0.05, 0.1) is 9.14 Å². The summed E-state index contributed by atoms with van der Waals surface area (Å²) in [4.78, 5) is 11.3. The highest BCUT2D eigenvalue weighted by Crippen LogP contribution is 2.29. The molecule has 0 radical (unpaired) electrons. The zero-order valence-electron chi connectivity index (χ0n) is 7.44. The van der Waals surface area contributed by atoms with E-state index in [0.29, 0.717) is 0 Å². The van der Waals surface area contributed by atoms with Crippen molar-refractivity contribution in [1.29, 1.82) is 0 Å². The molecule has 0 bridgehead atoms. The zero-order chi connectivity index (χ0) is 11.6. The Labute approximate surface area is 98.1 Å². The van der Waals surface area contributed by atoms with Crippen molar-refractivity contribution < 1.29 is 18.0 Å². The van der Waals surface area contributed by atoms with Gasteiger partial charge in [-0.2, -0.15) is 13.2 Å². The number of alkyl halides is 3. The minimum atomic E-state index is -4.37. The Bertz CT molecular complexity index is 392. The van der Waals surface area contributed by atoms with E-state index < -0.39 is 11.7 Å². The number of hydrogen-bond acceptors (Lipinski definition) is 1. The van der Waals surface area contributed by atoms with E-state index in [0.717, 1.165) is 24.3 Å². The predicted octanol–water partition coefficient (Wildman–Crippen LogP) is 3.84. The fraction of sp³-hybridized carbons (Fsp3) is 0.100. The lowest BCUT2D eigenvalue weighted by Gasteiger charge is -2.06. The molecule has 0 N–H and O–H groups in total. The molecule has 0 aliphatic rings. The molecule has 1 nitrogen and oxygen atoms in total. The van der Waals surface area contributed by atoms with E-state index in [-0.39, 0.29) is 14.9 Å². The maximum absolute atomic E-state index is 12.2. The summed E-state index contributed by atoms with van der Waals surface area (Å²) in [5, 5.41) is 0. The number of Topliss-reactive ketones (excluding diaryl/α,β-unsaturated/α-hetero) is 1. The monoisotopic (exact) mass is 326 g/mol. The van der Waals surface area contributed by atoms with Gasteiger partial charge < -0.3 is 0 Å². The standard InChI is InChI=1S/C10H6F3IO/c1-6(14)9(15)7-2-4-8(5-3-7)10(11,12)13/h2-5H,1H2. The first-order valence-corrected chi connectivity index (χ1v) is 4.96. The first-order chi connectivity index (χ1) is 6.82. The van der Waals surface area contributed by atoms with E-state index in [2.05, 4.69) is 6.58 Å². The summed E-state index contributed by atoms with van der Waals surface area (Å²) in [7, 11) is 0. The predicted molar refractivity (Wildman–Crippen MR) is 58.9 cm³/mol. The van der Waals surface area contributed by atoms with Crippen LogP contribution in [0.4, 0.5) is 13.2 Å². The number of halogens is 4. The Hall–Kier alpha value is -0.850. The van der Waals surface area contributed by atoms with Crippen molar-refractivity contribution in [1.82, 2.24) is 0 Å². The minimum Gasteiger partial charge on any atom is -0.288 e. The summed E-state index contributed by atoms with van der Waals surface area (Å²) in [5.41, 5.74) is -0.555. The Kier molecular flexibility index (Phi) is 3.54. The van der Waals surface area contributed by atoms with Crippen molar-refractivity contribution >= 4 is 28.4 Å². The molecule has 0 aromatic heterocycles. The summed E-state index contributed by atoms with van der Waals surface area (Å²) in [6.45, 7) is 3.42. The third-order valence-corrected chi connectivity index (χ3v) is 2.21. The molecule has 0 aliphatic heterocycles. The van der Waals surface area contributed by atoms with Crippen LogP contribution in [-0.4, -0.2) is 5.78 Å². The van der Waals surface area contributed by atoms with Gasteiger partial charge in [0.1, 0.15) is 0 Å². The Morgan fingerprint density at radius 2 is 1.67 bits per heavy atom. The van der Waals surface area contributed by atoms with Gasteiger partial charge in [0.2, 0.25) is 0 Å². The third kappa shape index (κ3) is 3.05. The van der Waals surface area contributed by atoms with Gasteiger partial charge in [-0.05, 0) is 34.7 Å². The molecule has 0 aliphatic carbocycles. The molecule has 0 amide bonds. The van der Waals surface area contributed by atoms with Crippen LogP contribution in [0.3, 0.4) is 0 Å². The average molecular weight is 326 g/mol. The highest BCUT2D eigenvalue weighted by Gasteiger charge is 2.30. The van der Waals surface area contributed by atoms with Gasteiger partial charge in [-0.25, -0.2) is 0 Å². The number of allylic oxidation sites excluding steroid dienone is 1. The topological polar surface area (TPSA) is 17.1 Å². The summed E-state index contributed by atoms with van der Waals surface area (Å²) >= 11 is 1.73. The Morgan fingerprint density at radius 1 is 1.20 bits per heavy atom.